The van der Waals surface area contributed by atoms with Gasteiger partial charge in [0.1, 0.15) is 42.7 Å². The van der Waals surface area contributed by atoms with Crippen LogP contribution < -0.4 is 16.6 Å². The number of carbonyl (C=O) groups excluding carboxylic acids is 1. The zero-order valence-corrected chi connectivity index (χ0v) is 24.7. The van der Waals surface area contributed by atoms with Crippen LogP contribution >= 0.6 is 15.6 Å². The number of aromatic nitrogens is 4. The lowest BCUT2D eigenvalue weighted by Gasteiger charge is -2.40. The van der Waals surface area contributed by atoms with Gasteiger partial charge in [0.15, 0.2) is 23.7 Å². The predicted molar refractivity (Wildman–Crippen MR) is 141 cm³/mol. The molecule has 2 aromatic heterocycles. The highest BCUT2D eigenvalue weighted by Crippen LogP contribution is 2.61. The molecule has 248 valence electrons. The minimum atomic E-state index is -5.64. The maximum atomic E-state index is 12.5. The summed E-state index contributed by atoms with van der Waals surface area (Å²) in [6.45, 7) is 1.73. The van der Waals surface area contributed by atoms with E-state index in [4.69, 9.17) is 15.2 Å². The summed E-state index contributed by atoms with van der Waals surface area (Å²) in [5, 5.41) is 53.7. The van der Waals surface area contributed by atoms with Crippen LogP contribution in [0.1, 0.15) is 20.1 Å². The maximum absolute atomic E-state index is 12.5. The highest BCUT2D eigenvalue weighted by molar-refractivity contribution is 7.61. The van der Waals surface area contributed by atoms with Crippen LogP contribution in [0, 0.1) is 5.92 Å². The summed E-state index contributed by atoms with van der Waals surface area (Å²) in [5.74, 6) is -1.20. The van der Waals surface area contributed by atoms with E-state index in [0.29, 0.717) is 0 Å². The van der Waals surface area contributed by atoms with Crippen LogP contribution in [0.25, 0.3) is 11.2 Å². The van der Waals surface area contributed by atoms with E-state index in [2.05, 4.69) is 33.6 Å². The molecule has 0 aliphatic carbocycles. The minimum absolute atomic E-state index is 0.118. The summed E-state index contributed by atoms with van der Waals surface area (Å²) in [6.07, 6.45) is -14.9. The van der Waals surface area contributed by atoms with Gasteiger partial charge in [-0.3, -0.25) is 28.2 Å². The van der Waals surface area contributed by atoms with E-state index >= 15 is 0 Å². The number of nitrogens with two attached hydrogens (primary N) is 1. The molecular weight excluding hydrogens is 642 g/mol. The maximum Gasteiger partial charge on any atom is 0.483 e. The Labute approximate surface area is 246 Å². The molecule has 0 saturated carbocycles. The van der Waals surface area contributed by atoms with E-state index in [-0.39, 0.29) is 17.1 Å². The molecule has 1 amide bonds. The quantitative estimate of drug-likeness (QED) is 0.102. The van der Waals surface area contributed by atoms with Crippen molar-refractivity contribution in [3.8, 4) is 0 Å². The summed E-state index contributed by atoms with van der Waals surface area (Å²) in [6, 6.07) is 0. The number of anilines is 1. The lowest BCUT2D eigenvalue weighted by molar-refractivity contribution is -0.273. The van der Waals surface area contributed by atoms with Crippen molar-refractivity contribution in [1.82, 2.24) is 24.8 Å². The van der Waals surface area contributed by atoms with Gasteiger partial charge in [-0.1, -0.05) is 13.8 Å². The number of nitrogens with one attached hydrogen (secondary N) is 2. The fraction of sp³-hybridized carbons (Fsp3) is 0.700. The van der Waals surface area contributed by atoms with Crippen LogP contribution in [-0.4, -0.2) is 123 Å². The third-order valence-electron chi connectivity index (χ3n) is 6.58. The van der Waals surface area contributed by atoms with Crippen LogP contribution in [0.5, 0.6) is 0 Å². The molecule has 7 unspecified atom stereocenters. The van der Waals surface area contributed by atoms with Gasteiger partial charge in [0.2, 0.25) is 11.9 Å². The third-order valence-corrected chi connectivity index (χ3v) is 9.18. The lowest BCUT2D eigenvalue weighted by atomic mass is 9.99. The molecule has 4 rings (SSSR count). The molecule has 11 N–H and O–H groups in total. The largest absolute Gasteiger partial charge is 0.483 e. The molecule has 44 heavy (non-hydrogen) atoms. The number of fused-ring (bicyclic) bond motifs is 1. The van der Waals surface area contributed by atoms with E-state index in [9.17, 15) is 54.0 Å². The van der Waals surface area contributed by atoms with Crippen LogP contribution in [-0.2, 0) is 36.8 Å². The number of phosphoric ester groups is 2. The van der Waals surface area contributed by atoms with Gasteiger partial charge in [-0.15, -0.1) is 0 Å². The van der Waals surface area contributed by atoms with Crippen molar-refractivity contribution < 1.29 is 72.1 Å². The highest BCUT2D eigenvalue weighted by atomic mass is 31.3. The van der Waals surface area contributed by atoms with E-state index in [1.165, 1.54) is 0 Å². The van der Waals surface area contributed by atoms with Crippen molar-refractivity contribution in [3.63, 3.8) is 0 Å². The topological polar surface area (TPSA) is 341 Å². The second-order valence-corrected chi connectivity index (χ2v) is 13.2. The van der Waals surface area contributed by atoms with Crippen LogP contribution in [0.3, 0.4) is 0 Å². The van der Waals surface area contributed by atoms with E-state index in [0.717, 1.165) is 10.9 Å². The monoisotopic (exact) mass is 674 g/mol. The molecular formula is C20H32N6O16P2. The number of aliphatic hydroxyl groups is 5. The molecule has 24 heteroatoms. The van der Waals surface area contributed by atoms with Gasteiger partial charge in [-0.25, -0.2) is 14.1 Å². The molecule has 0 aromatic carbocycles. The van der Waals surface area contributed by atoms with Gasteiger partial charge >= 0.3 is 15.6 Å². The van der Waals surface area contributed by atoms with Gasteiger partial charge in [-0.2, -0.15) is 9.29 Å². The molecule has 2 saturated heterocycles. The van der Waals surface area contributed by atoms with Gasteiger partial charge in [0, 0.05) is 12.5 Å². The Kier molecular flexibility index (Phi) is 10.3. The Morgan fingerprint density at radius 3 is 2.39 bits per heavy atom. The average Bonchev–Trinajstić information content (AvgIpc) is 3.46. The number of carbonyl (C=O) groups is 1. The van der Waals surface area contributed by atoms with E-state index < -0.39 is 101 Å². The first kappa shape index (κ1) is 34.5. The van der Waals surface area contributed by atoms with Crippen LogP contribution in [0.2, 0.25) is 0 Å². The Morgan fingerprint density at radius 1 is 1.07 bits per heavy atom. The van der Waals surface area contributed by atoms with Crippen molar-refractivity contribution in [1.29, 1.82) is 0 Å². The van der Waals surface area contributed by atoms with Gasteiger partial charge in [-0.05, 0) is 0 Å². The van der Waals surface area contributed by atoms with Gasteiger partial charge in [0.05, 0.1) is 12.9 Å². The fourth-order valence-corrected chi connectivity index (χ4v) is 6.43. The number of aliphatic hydroxyl groups excluding tert-OH is 5. The molecule has 2 aliphatic heterocycles. The lowest BCUT2D eigenvalue weighted by Crippen LogP contribution is -2.60. The van der Waals surface area contributed by atoms with Crippen molar-refractivity contribution >= 4 is 38.7 Å². The molecule has 0 bridgehead atoms. The summed E-state index contributed by atoms with van der Waals surface area (Å²) < 4.78 is 50.2. The zero-order valence-electron chi connectivity index (χ0n) is 22.9. The number of phosphoric acid groups is 2. The number of hydrogen-bond acceptors (Lipinski definition) is 17. The Balaban J connectivity index is 1.37. The minimum Gasteiger partial charge on any atom is -0.388 e. The number of rotatable bonds is 11. The number of amides is 1. The van der Waals surface area contributed by atoms with Crippen molar-refractivity contribution in [2.75, 3.05) is 18.9 Å². The Hall–Kier alpha value is -2.40. The zero-order chi connectivity index (χ0) is 32.7. The Bertz CT molecular complexity index is 1500. The molecule has 2 aliphatic rings. The molecule has 2 fully saturated rings. The van der Waals surface area contributed by atoms with Crippen LogP contribution in [0.4, 0.5) is 5.95 Å². The summed E-state index contributed by atoms with van der Waals surface area (Å²) in [4.78, 5) is 53.9. The Morgan fingerprint density at radius 2 is 1.73 bits per heavy atom. The molecule has 0 spiro atoms. The molecule has 2 aromatic rings. The van der Waals surface area contributed by atoms with Gasteiger partial charge < -0.3 is 55.8 Å². The highest BCUT2D eigenvalue weighted by Gasteiger charge is 2.50. The molecule has 22 nitrogen and oxygen atoms in total. The number of imidazole rings is 1. The number of nitrogens with zero attached hydrogens (tertiary/aromatic N) is 3. The van der Waals surface area contributed by atoms with E-state index in [1.54, 1.807) is 13.8 Å². The summed E-state index contributed by atoms with van der Waals surface area (Å²) in [7, 11) is -11.2. The molecule has 11 atom stereocenters. The predicted octanol–water partition coefficient (Wildman–Crippen LogP) is -3.85. The SMILES string of the molecule is CC(C)C(=O)NCC1O[C@H](OP(=O)(O)OP(=O)(O)OC[C@H]2O[C@@H](n3cnc4c(=O)[nH]c(N)nc43)C(O)C2O)C(O)C(O)[C@@H]1O. The first-order valence-electron chi connectivity index (χ1n) is 12.8. The number of nitrogen functional groups attached to an aromatic ring is 1. The average molecular weight is 674 g/mol. The third kappa shape index (κ3) is 7.52. The van der Waals surface area contributed by atoms with Crippen molar-refractivity contribution in [3.05, 3.63) is 16.7 Å². The smallest absolute Gasteiger partial charge is 0.388 e. The van der Waals surface area contributed by atoms with Crippen molar-refractivity contribution in [2.24, 2.45) is 5.92 Å². The fourth-order valence-electron chi connectivity index (χ4n) is 4.28. The second kappa shape index (κ2) is 13.1. The number of H-pyrrole nitrogens is 1. The summed E-state index contributed by atoms with van der Waals surface area (Å²) >= 11 is 0. The number of aromatic amines is 1. The molecule has 0 radical (unpaired) electrons. The first-order valence-corrected chi connectivity index (χ1v) is 15.8. The standard InChI is InChI=1S/C20H32N6O16P2/c1-6(2)16(32)22-3-7-10(27)12(29)14(31)19(40-7)41-44(36,37)42-43(34,35)38-4-8-11(28)13(30)18(39-8)26-5-23-9-15(26)24-20(21)25-17(9)33/h5-8,10-14,18-19,27-31H,3-4H2,1-2H3,(H,22,32)(H,34,35)(H,36,37)(H3,21,24,25,33)/t7?,8-,10-,11?,12?,13?,14?,18-,19-/m1/s1. The summed E-state index contributed by atoms with van der Waals surface area (Å²) in [5.41, 5.74) is 4.56. The number of hydrogen-bond donors (Lipinski definition) is 10. The van der Waals surface area contributed by atoms with Crippen LogP contribution in [0.15, 0.2) is 11.1 Å². The second-order valence-electron chi connectivity index (χ2n) is 10.2. The van der Waals surface area contributed by atoms with E-state index in [1.807, 2.05) is 0 Å². The number of ether oxygens (including phenoxy) is 2. The first-order chi connectivity index (χ1) is 20.4. The van der Waals surface area contributed by atoms with Gasteiger partial charge in [0.25, 0.3) is 5.56 Å². The normalized spacial score (nSPS) is 33.7. The molecule has 4 heterocycles. The van der Waals surface area contributed by atoms with Crippen molar-refractivity contribution in [2.45, 2.75) is 69.1 Å².